The lowest BCUT2D eigenvalue weighted by molar-refractivity contribution is 0.185. The van der Waals surface area contributed by atoms with Crippen LogP contribution in [0.25, 0.3) is 0 Å². The van der Waals surface area contributed by atoms with E-state index in [-0.39, 0.29) is 7.43 Å². The van der Waals surface area contributed by atoms with Crippen molar-refractivity contribution in [1.29, 1.82) is 0 Å². The molecule has 2 nitrogen and oxygen atoms in total. The zero-order chi connectivity index (χ0) is 6.53. The molecule has 0 spiro atoms. The fourth-order valence-corrected chi connectivity index (χ4v) is 0.646. The van der Waals surface area contributed by atoms with E-state index in [0.29, 0.717) is 6.61 Å². The van der Waals surface area contributed by atoms with E-state index in [9.17, 15) is 0 Å². The summed E-state index contributed by atoms with van der Waals surface area (Å²) in [6, 6.07) is 3.87. The lowest BCUT2D eigenvalue weighted by Gasteiger charge is -1.94. The second-order valence-electron chi connectivity index (χ2n) is 1.79. The first-order valence-electron chi connectivity index (χ1n) is 2.81. The molecule has 0 aliphatic rings. The Morgan fingerprint density at radius 1 is 1.40 bits per heavy atom. The predicted molar refractivity (Wildman–Crippen MR) is 41.7 cm³/mol. The highest BCUT2D eigenvalue weighted by molar-refractivity contribution is 5.07. The predicted octanol–water partition coefficient (Wildman–Crippen LogP) is 1.86. The number of methoxy groups -OCH3 is 1. The van der Waals surface area contributed by atoms with E-state index >= 15 is 0 Å². The Balaban J connectivity index is 0.000000810. The Hall–Kier alpha value is -0.890. The van der Waals surface area contributed by atoms with Gasteiger partial charge in [0.15, 0.2) is 0 Å². The summed E-state index contributed by atoms with van der Waals surface area (Å²) in [6.45, 7) is 0.669. The number of nitrogens with zero attached hydrogens (tertiary/aromatic N) is 1. The van der Waals surface area contributed by atoms with Gasteiger partial charge in [-0.3, -0.25) is 4.98 Å². The third-order valence-electron chi connectivity index (χ3n) is 1.06. The SMILES string of the molecule is C.COCc1ccncc1. The largest absolute Gasteiger partial charge is 0.380 e. The number of ether oxygens (including phenoxy) is 1. The molecule has 1 aromatic rings. The highest BCUT2D eigenvalue weighted by Crippen LogP contribution is 1.95. The molecular weight excluding hydrogens is 126 g/mol. The maximum absolute atomic E-state index is 4.90. The van der Waals surface area contributed by atoms with Gasteiger partial charge in [-0.1, -0.05) is 7.43 Å². The Bertz CT molecular complexity index is 162. The van der Waals surface area contributed by atoms with Crippen LogP contribution in [0.4, 0.5) is 0 Å². The maximum Gasteiger partial charge on any atom is 0.0714 e. The van der Waals surface area contributed by atoms with E-state index in [0.717, 1.165) is 5.56 Å². The fourth-order valence-electron chi connectivity index (χ4n) is 0.646. The minimum absolute atomic E-state index is 0. The van der Waals surface area contributed by atoms with Gasteiger partial charge in [-0.05, 0) is 17.7 Å². The molecule has 2 heteroatoms. The fraction of sp³-hybridized carbons (Fsp3) is 0.375. The van der Waals surface area contributed by atoms with E-state index < -0.39 is 0 Å². The summed E-state index contributed by atoms with van der Waals surface area (Å²) in [4.78, 5) is 3.87. The van der Waals surface area contributed by atoms with Crippen LogP contribution in [0, 0.1) is 0 Å². The highest BCUT2D eigenvalue weighted by atomic mass is 16.5. The molecule has 0 amide bonds. The van der Waals surface area contributed by atoms with E-state index in [1.165, 1.54) is 0 Å². The van der Waals surface area contributed by atoms with Gasteiger partial charge in [-0.25, -0.2) is 0 Å². The van der Waals surface area contributed by atoms with Gasteiger partial charge >= 0.3 is 0 Å². The van der Waals surface area contributed by atoms with Gasteiger partial charge in [0.05, 0.1) is 6.61 Å². The van der Waals surface area contributed by atoms with Gasteiger partial charge < -0.3 is 4.74 Å². The zero-order valence-corrected chi connectivity index (χ0v) is 5.37. The van der Waals surface area contributed by atoms with Crippen molar-refractivity contribution in [3.05, 3.63) is 30.1 Å². The average molecular weight is 139 g/mol. The van der Waals surface area contributed by atoms with Gasteiger partial charge in [0.25, 0.3) is 0 Å². The molecule has 0 bridgehead atoms. The molecule has 0 aliphatic carbocycles. The molecule has 10 heavy (non-hydrogen) atoms. The molecule has 0 radical (unpaired) electrons. The van der Waals surface area contributed by atoms with Crippen LogP contribution in [0.1, 0.15) is 13.0 Å². The quantitative estimate of drug-likeness (QED) is 0.624. The average Bonchev–Trinajstić information content (AvgIpc) is 1.91. The molecule has 1 heterocycles. The van der Waals surface area contributed by atoms with Gasteiger partial charge in [-0.2, -0.15) is 0 Å². The van der Waals surface area contributed by atoms with Crippen LogP contribution in [0.5, 0.6) is 0 Å². The van der Waals surface area contributed by atoms with Crippen molar-refractivity contribution >= 4 is 0 Å². The molecular formula is C8H13NO. The summed E-state index contributed by atoms with van der Waals surface area (Å²) in [7, 11) is 1.68. The van der Waals surface area contributed by atoms with Crippen molar-refractivity contribution in [3.8, 4) is 0 Å². The van der Waals surface area contributed by atoms with Gasteiger partial charge in [-0.15, -0.1) is 0 Å². The minimum atomic E-state index is 0. The molecule has 0 aromatic carbocycles. The molecule has 0 unspecified atom stereocenters. The Kier molecular flexibility index (Phi) is 4.50. The number of pyridine rings is 1. The van der Waals surface area contributed by atoms with Crippen LogP contribution < -0.4 is 0 Å². The molecule has 1 aromatic heterocycles. The maximum atomic E-state index is 4.90. The van der Waals surface area contributed by atoms with E-state index in [1.54, 1.807) is 19.5 Å². The third kappa shape index (κ3) is 2.60. The zero-order valence-electron chi connectivity index (χ0n) is 5.37. The van der Waals surface area contributed by atoms with E-state index in [2.05, 4.69) is 4.98 Å². The highest BCUT2D eigenvalue weighted by Gasteiger charge is 1.85. The Morgan fingerprint density at radius 3 is 2.50 bits per heavy atom. The molecule has 0 fully saturated rings. The van der Waals surface area contributed by atoms with Gasteiger partial charge in [0.1, 0.15) is 0 Å². The van der Waals surface area contributed by atoms with Gasteiger partial charge in [0, 0.05) is 19.5 Å². The van der Waals surface area contributed by atoms with E-state index in [4.69, 9.17) is 4.74 Å². The van der Waals surface area contributed by atoms with Crippen molar-refractivity contribution in [2.24, 2.45) is 0 Å². The number of hydrogen-bond donors (Lipinski definition) is 0. The molecule has 0 N–H and O–H groups in total. The van der Waals surface area contributed by atoms with Crippen molar-refractivity contribution in [2.75, 3.05) is 7.11 Å². The van der Waals surface area contributed by atoms with Crippen LogP contribution in [0.2, 0.25) is 0 Å². The van der Waals surface area contributed by atoms with Crippen LogP contribution in [0.15, 0.2) is 24.5 Å². The first-order valence-corrected chi connectivity index (χ1v) is 2.81. The number of hydrogen-bond acceptors (Lipinski definition) is 2. The third-order valence-corrected chi connectivity index (χ3v) is 1.06. The summed E-state index contributed by atoms with van der Waals surface area (Å²) in [5, 5.41) is 0. The van der Waals surface area contributed by atoms with Crippen LogP contribution in [-0.2, 0) is 11.3 Å². The topological polar surface area (TPSA) is 22.1 Å². The normalized spacial score (nSPS) is 8.50. The number of rotatable bonds is 2. The molecule has 0 atom stereocenters. The standard InChI is InChI=1S/C7H9NO.CH4/c1-9-6-7-2-4-8-5-3-7;/h2-5H,6H2,1H3;1H4. The summed E-state index contributed by atoms with van der Waals surface area (Å²) in [5.74, 6) is 0. The molecule has 0 saturated carbocycles. The first-order chi connectivity index (χ1) is 4.43. The van der Waals surface area contributed by atoms with Crippen molar-refractivity contribution in [2.45, 2.75) is 14.0 Å². The number of aromatic nitrogens is 1. The first kappa shape index (κ1) is 9.11. The van der Waals surface area contributed by atoms with Crippen molar-refractivity contribution in [3.63, 3.8) is 0 Å². The molecule has 56 valence electrons. The van der Waals surface area contributed by atoms with Crippen molar-refractivity contribution in [1.82, 2.24) is 4.98 Å². The minimum Gasteiger partial charge on any atom is -0.380 e. The molecule has 0 saturated heterocycles. The van der Waals surface area contributed by atoms with E-state index in [1.807, 2.05) is 12.1 Å². The van der Waals surface area contributed by atoms with Crippen molar-refractivity contribution < 1.29 is 4.74 Å². The summed E-state index contributed by atoms with van der Waals surface area (Å²) >= 11 is 0. The summed E-state index contributed by atoms with van der Waals surface area (Å²) in [5.41, 5.74) is 1.16. The van der Waals surface area contributed by atoms with Crippen LogP contribution in [0.3, 0.4) is 0 Å². The molecule has 0 aliphatic heterocycles. The van der Waals surface area contributed by atoms with Crippen LogP contribution in [-0.4, -0.2) is 12.1 Å². The Labute approximate surface area is 61.9 Å². The van der Waals surface area contributed by atoms with Gasteiger partial charge in [0.2, 0.25) is 0 Å². The lowest BCUT2D eigenvalue weighted by atomic mass is 10.3. The second kappa shape index (κ2) is 4.94. The lowest BCUT2D eigenvalue weighted by Crippen LogP contribution is -1.85. The summed E-state index contributed by atoms with van der Waals surface area (Å²) in [6.07, 6.45) is 3.52. The smallest absolute Gasteiger partial charge is 0.0714 e. The molecule has 1 rings (SSSR count). The second-order valence-corrected chi connectivity index (χ2v) is 1.79. The monoisotopic (exact) mass is 139 g/mol. The van der Waals surface area contributed by atoms with Crippen LogP contribution >= 0.6 is 0 Å². The summed E-state index contributed by atoms with van der Waals surface area (Å²) < 4.78 is 4.90. The Morgan fingerprint density at radius 2 is 2.00 bits per heavy atom.